The van der Waals surface area contributed by atoms with Gasteiger partial charge in [0.1, 0.15) is 11.6 Å². The molecule has 25 heavy (non-hydrogen) atoms. The number of piperazine rings is 1. The van der Waals surface area contributed by atoms with Crippen molar-refractivity contribution >= 4 is 5.91 Å². The van der Waals surface area contributed by atoms with E-state index in [4.69, 9.17) is 0 Å². The predicted molar refractivity (Wildman–Crippen MR) is 97.1 cm³/mol. The van der Waals surface area contributed by atoms with Crippen LogP contribution in [0.4, 0.5) is 0 Å². The van der Waals surface area contributed by atoms with Crippen LogP contribution in [-0.2, 0) is 18.4 Å². The Morgan fingerprint density at radius 2 is 1.80 bits per heavy atom. The Morgan fingerprint density at radius 1 is 1.12 bits per heavy atom. The maximum atomic E-state index is 12.6. The molecule has 1 fully saturated rings. The topological polar surface area (TPSA) is 54.3 Å². The quantitative estimate of drug-likeness (QED) is 0.834. The van der Waals surface area contributed by atoms with Crippen molar-refractivity contribution in [1.82, 2.24) is 24.6 Å². The third-order valence-electron chi connectivity index (χ3n) is 5.12. The van der Waals surface area contributed by atoms with Crippen molar-refractivity contribution in [2.24, 2.45) is 7.05 Å². The number of carbonyl (C=O) groups excluding carboxylic acids is 1. The van der Waals surface area contributed by atoms with Crippen molar-refractivity contribution in [3.63, 3.8) is 0 Å². The van der Waals surface area contributed by atoms with Crippen LogP contribution in [-0.4, -0.2) is 56.7 Å². The Balaban J connectivity index is 1.48. The third kappa shape index (κ3) is 4.25. The number of aromatic nitrogens is 3. The summed E-state index contributed by atoms with van der Waals surface area (Å²) < 4.78 is 2.03. The number of benzene rings is 1. The predicted octanol–water partition coefficient (Wildman–Crippen LogP) is 1.96. The van der Waals surface area contributed by atoms with Crippen molar-refractivity contribution in [3.8, 4) is 0 Å². The van der Waals surface area contributed by atoms with Crippen LogP contribution >= 0.6 is 0 Å². The highest BCUT2D eigenvalue weighted by molar-refractivity contribution is 5.77. The molecule has 2 heterocycles. The normalized spacial score (nSPS) is 16.8. The van der Waals surface area contributed by atoms with Gasteiger partial charge in [0.15, 0.2) is 0 Å². The number of carbonyl (C=O) groups is 1. The lowest BCUT2D eigenvalue weighted by Gasteiger charge is -2.35. The second kappa shape index (κ2) is 7.78. The van der Waals surface area contributed by atoms with Crippen LogP contribution in [0.2, 0.25) is 0 Å². The molecular weight excluding hydrogens is 314 g/mol. The monoisotopic (exact) mass is 341 g/mol. The Bertz CT molecular complexity index is 704. The largest absolute Gasteiger partial charge is 0.340 e. The number of hydrogen-bond acceptors (Lipinski definition) is 4. The maximum absolute atomic E-state index is 12.6. The van der Waals surface area contributed by atoms with Crippen LogP contribution in [0.25, 0.3) is 0 Å². The van der Waals surface area contributed by atoms with E-state index in [1.807, 2.05) is 41.6 Å². The molecule has 1 aromatic carbocycles. The molecule has 0 spiro atoms. The summed E-state index contributed by atoms with van der Waals surface area (Å²) in [5.41, 5.74) is 1.23. The molecule has 0 N–H and O–H groups in total. The van der Waals surface area contributed by atoms with E-state index in [-0.39, 0.29) is 11.8 Å². The average Bonchev–Trinajstić information content (AvgIpc) is 2.95. The minimum absolute atomic E-state index is 0.255. The zero-order valence-electron chi connectivity index (χ0n) is 15.4. The van der Waals surface area contributed by atoms with Crippen LogP contribution < -0.4 is 0 Å². The van der Waals surface area contributed by atoms with Gasteiger partial charge in [-0.05, 0) is 18.4 Å². The summed E-state index contributed by atoms with van der Waals surface area (Å²) in [5, 5.41) is 8.34. The number of nitrogens with zero attached hydrogens (tertiary/aromatic N) is 5. The van der Waals surface area contributed by atoms with E-state index in [1.54, 1.807) is 0 Å². The van der Waals surface area contributed by atoms with Gasteiger partial charge >= 0.3 is 0 Å². The van der Waals surface area contributed by atoms with Gasteiger partial charge in [-0.15, -0.1) is 10.2 Å². The highest BCUT2D eigenvalue weighted by Crippen LogP contribution is 2.20. The molecule has 6 heteroatoms. The van der Waals surface area contributed by atoms with Gasteiger partial charge in [0.25, 0.3) is 0 Å². The van der Waals surface area contributed by atoms with E-state index in [0.717, 1.165) is 44.4 Å². The number of amides is 1. The Morgan fingerprint density at radius 3 is 2.40 bits per heavy atom. The van der Waals surface area contributed by atoms with E-state index in [9.17, 15) is 4.79 Å². The maximum Gasteiger partial charge on any atom is 0.223 e. The summed E-state index contributed by atoms with van der Waals surface area (Å²) >= 11 is 0. The molecule has 0 radical (unpaired) electrons. The first-order valence-corrected chi connectivity index (χ1v) is 8.94. The fraction of sp³-hybridized carbons (Fsp3) is 0.526. The van der Waals surface area contributed by atoms with Crippen LogP contribution in [0.15, 0.2) is 30.3 Å². The number of hydrogen-bond donors (Lipinski definition) is 0. The molecule has 1 atom stereocenters. The van der Waals surface area contributed by atoms with Crippen molar-refractivity contribution in [2.75, 3.05) is 26.2 Å². The molecule has 0 bridgehead atoms. The van der Waals surface area contributed by atoms with Crippen LogP contribution in [0.1, 0.15) is 36.5 Å². The van der Waals surface area contributed by atoms with Crippen molar-refractivity contribution in [2.45, 2.75) is 32.7 Å². The molecular formula is C19H27N5O. The van der Waals surface area contributed by atoms with Crippen molar-refractivity contribution in [1.29, 1.82) is 0 Å². The molecule has 134 valence electrons. The van der Waals surface area contributed by atoms with E-state index < -0.39 is 0 Å². The summed E-state index contributed by atoms with van der Waals surface area (Å²) in [6, 6.07) is 10.3. The first-order valence-electron chi connectivity index (χ1n) is 8.94. The van der Waals surface area contributed by atoms with E-state index >= 15 is 0 Å². The summed E-state index contributed by atoms with van der Waals surface area (Å²) in [5.74, 6) is 2.42. The van der Waals surface area contributed by atoms with Gasteiger partial charge in [-0.1, -0.05) is 37.3 Å². The minimum Gasteiger partial charge on any atom is -0.340 e. The van der Waals surface area contributed by atoms with E-state index in [2.05, 4.69) is 34.2 Å². The fourth-order valence-corrected chi connectivity index (χ4v) is 3.23. The fourth-order valence-electron chi connectivity index (χ4n) is 3.23. The second-order valence-electron chi connectivity index (χ2n) is 6.90. The highest BCUT2D eigenvalue weighted by Gasteiger charge is 2.23. The van der Waals surface area contributed by atoms with Gasteiger partial charge in [-0.25, -0.2) is 0 Å². The number of rotatable bonds is 5. The molecule has 1 saturated heterocycles. The van der Waals surface area contributed by atoms with Gasteiger partial charge in [0.2, 0.25) is 5.91 Å². The van der Waals surface area contributed by atoms with E-state index in [0.29, 0.717) is 6.42 Å². The van der Waals surface area contributed by atoms with Gasteiger partial charge in [-0.3, -0.25) is 9.69 Å². The lowest BCUT2D eigenvalue weighted by Crippen LogP contribution is -2.48. The zero-order valence-corrected chi connectivity index (χ0v) is 15.4. The Labute approximate surface area is 149 Å². The molecule has 3 rings (SSSR count). The molecule has 6 nitrogen and oxygen atoms in total. The van der Waals surface area contributed by atoms with Crippen LogP contribution in [0.5, 0.6) is 0 Å². The molecule has 0 unspecified atom stereocenters. The molecule has 1 aliphatic heterocycles. The molecule has 1 amide bonds. The summed E-state index contributed by atoms with van der Waals surface area (Å²) in [4.78, 5) is 16.9. The smallest absolute Gasteiger partial charge is 0.223 e. The molecule has 0 saturated carbocycles. The summed E-state index contributed by atoms with van der Waals surface area (Å²) in [6.45, 7) is 8.23. The molecule has 2 aromatic rings. The van der Waals surface area contributed by atoms with Crippen LogP contribution in [0.3, 0.4) is 0 Å². The molecule has 1 aromatic heterocycles. The average molecular weight is 341 g/mol. The minimum atomic E-state index is 0.255. The molecule has 0 aliphatic carbocycles. The second-order valence-corrected chi connectivity index (χ2v) is 6.90. The first-order chi connectivity index (χ1) is 12.0. The van der Waals surface area contributed by atoms with Gasteiger partial charge in [-0.2, -0.15) is 0 Å². The van der Waals surface area contributed by atoms with Crippen LogP contribution in [0, 0.1) is 6.92 Å². The first kappa shape index (κ1) is 17.6. The van der Waals surface area contributed by atoms with Gasteiger partial charge in [0, 0.05) is 39.6 Å². The van der Waals surface area contributed by atoms with Gasteiger partial charge < -0.3 is 9.47 Å². The summed E-state index contributed by atoms with van der Waals surface area (Å²) in [7, 11) is 2.00. The standard InChI is InChI=1S/C19H27N5O/c1-15(17-7-5-4-6-8-17)13-19(25)24-11-9-23(10-12-24)14-18-21-20-16(2)22(18)3/h4-8,15H,9-14H2,1-3H3/t15-/m1/s1. The molecule has 1 aliphatic rings. The lowest BCUT2D eigenvalue weighted by molar-refractivity contribution is -0.133. The number of aryl methyl sites for hydroxylation is 1. The lowest BCUT2D eigenvalue weighted by atomic mass is 9.97. The third-order valence-corrected chi connectivity index (χ3v) is 5.12. The highest BCUT2D eigenvalue weighted by atomic mass is 16.2. The zero-order chi connectivity index (χ0) is 17.8. The Hall–Kier alpha value is -2.21. The van der Waals surface area contributed by atoms with Crippen molar-refractivity contribution in [3.05, 3.63) is 47.5 Å². The van der Waals surface area contributed by atoms with Crippen molar-refractivity contribution < 1.29 is 4.79 Å². The Kier molecular flexibility index (Phi) is 5.48. The van der Waals surface area contributed by atoms with Gasteiger partial charge in [0.05, 0.1) is 6.54 Å². The SMILES string of the molecule is Cc1nnc(CN2CCN(C(=O)C[C@@H](C)c3ccccc3)CC2)n1C. The van der Waals surface area contributed by atoms with E-state index in [1.165, 1.54) is 5.56 Å². The summed E-state index contributed by atoms with van der Waals surface area (Å²) in [6.07, 6.45) is 0.576.